The maximum atomic E-state index is 13.6. The van der Waals surface area contributed by atoms with Crippen molar-refractivity contribution in [3.05, 3.63) is 85.0 Å². The Bertz CT molecular complexity index is 1450. The lowest BCUT2D eigenvalue weighted by Gasteiger charge is -2.33. The van der Waals surface area contributed by atoms with E-state index in [-0.39, 0.29) is 17.8 Å². The van der Waals surface area contributed by atoms with Gasteiger partial charge in [-0.3, -0.25) is 13.9 Å². The average molecular weight is 494 g/mol. The summed E-state index contributed by atoms with van der Waals surface area (Å²) < 4.78 is 5.79. The van der Waals surface area contributed by atoms with E-state index < -0.39 is 0 Å². The molecule has 0 bridgehead atoms. The number of hydrogen-bond acceptors (Lipinski definition) is 4. The van der Waals surface area contributed by atoms with Gasteiger partial charge in [-0.2, -0.15) is 4.98 Å². The number of imidazole rings is 1. The molecule has 7 nitrogen and oxygen atoms in total. The van der Waals surface area contributed by atoms with Crippen LogP contribution < -0.4 is 16.1 Å². The van der Waals surface area contributed by atoms with Gasteiger partial charge in [0.15, 0.2) is 11.2 Å². The first-order valence-corrected chi connectivity index (χ1v) is 11.4. The van der Waals surface area contributed by atoms with Crippen molar-refractivity contribution in [2.45, 2.75) is 26.9 Å². The molecule has 0 amide bonds. The second-order valence-corrected chi connectivity index (χ2v) is 9.46. The molecule has 3 heterocycles. The Morgan fingerprint density at radius 3 is 2.50 bits per heavy atom. The molecule has 1 aliphatic heterocycles. The summed E-state index contributed by atoms with van der Waals surface area (Å²) in [5.41, 5.74) is 3.25. The molecule has 1 aliphatic rings. The largest absolute Gasteiger partial charge is 0.332 e. The third-order valence-electron chi connectivity index (χ3n) is 6.17. The third kappa shape index (κ3) is 3.30. The van der Waals surface area contributed by atoms with Crippen molar-refractivity contribution in [3.8, 4) is 0 Å². The molecule has 5 rings (SSSR count). The van der Waals surface area contributed by atoms with Crippen molar-refractivity contribution in [1.82, 2.24) is 18.7 Å². The minimum atomic E-state index is -0.357. The molecule has 1 unspecified atom stereocenters. The number of aryl methyl sites for hydroxylation is 2. The van der Waals surface area contributed by atoms with Crippen molar-refractivity contribution >= 4 is 38.7 Å². The van der Waals surface area contributed by atoms with Gasteiger partial charge in [-0.05, 0) is 48.2 Å². The summed E-state index contributed by atoms with van der Waals surface area (Å²) in [4.78, 5) is 33.7. The van der Waals surface area contributed by atoms with Gasteiger partial charge in [0.2, 0.25) is 5.95 Å². The van der Waals surface area contributed by atoms with Crippen molar-refractivity contribution in [3.63, 3.8) is 0 Å². The number of hydrogen-bond donors (Lipinski definition) is 0. The van der Waals surface area contributed by atoms with E-state index in [1.165, 1.54) is 9.13 Å². The highest BCUT2D eigenvalue weighted by Crippen LogP contribution is 2.33. The molecule has 0 aliphatic carbocycles. The molecular formula is C24H24BrN5O2. The fraction of sp³-hybridized carbons (Fsp3) is 0.292. The van der Waals surface area contributed by atoms with Gasteiger partial charge in [0.1, 0.15) is 0 Å². The highest BCUT2D eigenvalue weighted by Gasteiger charge is 2.29. The van der Waals surface area contributed by atoms with E-state index in [1.54, 1.807) is 7.05 Å². The minimum Gasteiger partial charge on any atom is -0.312 e. The van der Waals surface area contributed by atoms with Crippen LogP contribution in [0, 0.1) is 12.8 Å². The zero-order chi connectivity index (χ0) is 22.6. The van der Waals surface area contributed by atoms with E-state index in [9.17, 15) is 9.59 Å². The van der Waals surface area contributed by atoms with Crippen LogP contribution in [0.5, 0.6) is 0 Å². The first kappa shape index (κ1) is 20.8. The van der Waals surface area contributed by atoms with E-state index in [0.29, 0.717) is 29.6 Å². The second kappa shape index (κ2) is 7.78. The molecule has 0 saturated carbocycles. The lowest BCUT2D eigenvalue weighted by molar-refractivity contribution is 0.458. The average Bonchev–Trinajstić information content (AvgIpc) is 3.16. The van der Waals surface area contributed by atoms with Crippen LogP contribution in [0.2, 0.25) is 0 Å². The Kier molecular flexibility index (Phi) is 5.04. The highest BCUT2D eigenvalue weighted by molar-refractivity contribution is 9.10. The first-order valence-electron chi connectivity index (χ1n) is 10.6. The molecule has 32 heavy (non-hydrogen) atoms. The fourth-order valence-corrected chi connectivity index (χ4v) is 4.71. The molecule has 1 atom stereocenters. The molecule has 0 saturated heterocycles. The van der Waals surface area contributed by atoms with Crippen LogP contribution in [-0.2, 0) is 20.1 Å². The zero-order valence-electron chi connectivity index (χ0n) is 18.2. The number of anilines is 2. The Morgan fingerprint density at radius 2 is 1.78 bits per heavy atom. The molecule has 164 valence electrons. The SMILES string of the molecule is Cc1ccccc1Cn1c(=O)c2c(nc3n2CC(C)CN3c2ccc(Br)cc2)n(C)c1=O. The van der Waals surface area contributed by atoms with E-state index in [2.05, 4.69) is 27.8 Å². The van der Waals surface area contributed by atoms with Crippen LogP contribution in [0.4, 0.5) is 11.6 Å². The maximum absolute atomic E-state index is 13.6. The third-order valence-corrected chi connectivity index (χ3v) is 6.70. The van der Waals surface area contributed by atoms with Gasteiger partial charge in [0.05, 0.1) is 6.54 Å². The van der Waals surface area contributed by atoms with Gasteiger partial charge in [-0.25, -0.2) is 4.79 Å². The zero-order valence-corrected chi connectivity index (χ0v) is 19.8. The number of fused-ring (bicyclic) bond motifs is 3. The summed E-state index contributed by atoms with van der Waals surface area (Å²) in [7, 11) is 1.69. The van der Waals surface area contributed by atoms with Crippen molar-refractivity contribution in [1.29, 1.82) is 0 Å². The Morgan fingerprint density at radius 1 is 1.06 bits per heavy atom. The Balaban J connectivity index is 1.73. The van der Waals surface area contributed by atoms with Crippen molar-refractivity contribution < 1.29 is 0 Å². The van der Waals surface area contributed by atoms with E-state index in [0.717, 1.165) is 27.8 Å². The second-order valence-electron chi connectivity index (χ2n) is 8.55. The van der Waals surface area contributed by atoms with Crippen LogP contribution in [0.25, 0.3) is 11.2 Å². The van der Waals surface area contributed by atoms with Gasteiger partial charge in [-0.15, -0.1) is 0 Å². The molecule has 8 heteroatoms. The molecule has 0 fully saturated rings. The molecule has 4 aromatic rings. The predicted octanol–water partition coefficient (Wildman–Crippen LogP) is 3.80. The monoisotopic (exact) mass is 493 g/mol. The molecule has 0 radical (unpaired) electrons. The predicted molar refractivity (Wildman–Crippen MR) is 130 cm³/mol. The van der Waals surface area contributed by atoms with Crippen LogP contribution in [0.15, 0.2) is 62.6 Å². The number of nitrogens with zero attached hydrogens (tertiary/aromatic N) is 5. The summed E-state index contributed by atoms with van der Waals surface area (Å²) in [5.74, 6) is 1.01. The van der Waals surface area contributed by atoms with Crippen LogP contribution in [0.1, 0.15) is 18.1 Å². The first-order chi connectivity index (χ1) is 15.3. The van der Waals surface area contributed by atoms with E-state index >= 15 is 0 Å². The smallest absolute Gasteiger partial charge is 0.312 e. The van der Waals surface area contributed by atoms with Gasteiger partial charge in [0, 0.05) is 30.3 Å². The lowest BCUT2D eigenvalue weighted by atomic mass is 10.1. The van der Waals surface area contributed by atoms with Crippen LogP contribution >= 0.6 is 15.9 Å². The normalized spacial score (nSPS) is 15.9. The number of rotatable bonds is 3. The van der Waals surface area contributed by atoms with E-state index in [1.807, 2.05) is 60.0 Å². The van der Waals surface area contributed by atoms with Crippen LogP contribution in [0.3, 0.4) is 0 Å². The number of benzene rings is 2. The fourth-order valence-electron chi connectivity index (χ4n) is 4.44. The molecule has 0 N–H and O–H groups in total. The van der Waals surface area contributed by atoms with E-state index in [4.69, 9.17) is 4.98 Å². The molecule has 0 spiro atoms. The molecular weight excluding hydrogens is 470 g/mol. The lowest BCUT2D eigenvalue weighted by Crippen LogP contribution is -2.40. The quantitative estimate of drug-likeness (QED) is 0.435. The molecule has 2 aromatic carbocycles. The minimum absolute atomic E-state index is 0.237. The summed E-state index contributed by atoms with van der Waals surface area (Å²) in [6, 6.07) is 15.9. The van der Waals surface area contributed by atoms with Crippen molar-refractivity contribution in [2.24, 2.45) is 13.0 Å². The van der Waals surface area contributed by atoms with Gasteiger partial charge in [-0.1, -0.05) is 47.1 Å². The standard InChI is InChI=1S/C24H24BrN5O2/c1-15-12-28(19-10-8-18(25)9-11-19)23-26-21-20(29(23)13-15)22(31)30(24(32)27(21)3)14-17-7-5-4-6-16(17)2/h4-11,15H,12-14H2,1-3H3. The number of aromatic nitrogens is 4. The maximum Gasteiger partial charge on any atom is 0.332 e. The van der Waals surface area contributed by atoms with Gasteiger partial charge < -0.3 is 9.47 Å². The van der Waals surface area contributed by atoms with Crippen LogP contribution in [-0.4, -0.2) is 25.2 Å². The number of halogens is 1. The van der Waals surface area contributed by atoms with Gasteiger partial charge in [0.25, 0.3) is 5.56 Å². The van der Waals surface area contributed by atoms with Crippen molar-refractivity contribution in [2.75, 3.05) is 11.4 Å². The Hall–Kier alpha value is -3.13. The topological polar surface area (TPSA) is 65.1 Å². The molecule has 2 aromatic heterocycles. The summed E-state index contributed by atoms with van der Waals surface area (Å²) in [6.45, 7) is 5.85. The highest BCUT2D eigenvalue weighted by atomic mass is 79.9. The van der Waals surface area contributed by atoms with Gasteiger partial charge >= 0.3 is 5.69 Å². The summed E-state index contributed by atoms with van der Waals surface area (Å²) in [5, 5.41) is 0. The summed E-state index contributed by atoms with van der Waals surface area (Å²) >= 11 is 3.49. The Labute approximate surface area is 193 Å². The summed E-state index contributed by atoms with van der Waals surface area (Å²) in [6.07, 6.45) is 0.